The van der Waals surface area contributed by atoms with E-state index in [1.54, 1.807) is 6.92 Å². The van der Waals surface area contributed by atoms with E-state index in [1.807, 2.05) is 0 Å². The van der Waals surface area contributed by atoms with Gasteiger partial charge >= 0.3 is 12.1 Å². The number of nitriles is 1. The molecular formula is C12H9BrF3NO2. The Morgan fingerprint density at radius 2 is 2.11 bits per heavy atom. The van der Waals surface area contributed by atoms with Crippen LogP contribution in [-0.4, -0.2) is 12.6 Å². The van der Waals surface area contributed by atoms with E-state index < -0.39 is 23.3 Å². The van der Waals surface area contributed by atoms with Crippen molar-refractivity contribution in [2.24, 2.45) is 0 Å². The Labute approximate surface area is 116 Å². The molecule has 19 heavy (non-hydrogen) atoms. The van der Waals surface area contributed by atoms with Crippen molar-refractivity contribution in [3.05, 3.63) is 33.3 Å². The van der Waals surface area contributed by atoms with E-state index in [0.29, 0.717) is 0 Å². The maximum absolute atomic E-state index is 12.9. The summed E-state index contributed by atoms with van der Waals surface area (Å²) >= 11 is 2.81. The first-order valence-electron chi connectivity index (χ1n) is 5.25. The highest BCUT2D eigenvalue weighted by atomic mass is 79.9. The molecule has 0 fully saturated rings. The molecule has 0 aromatic heterocycles. The molecule has 0 radical (unpaired) electrons. The van der Waals surface area contributed by atoms with Crippen molar-refractivity contribution < 1.29 is 22.7 Å². The monoisotopic (exact) mass is 335 g/mol. The molecule has 0 atom stereocenters. The Hall–Kier alpha value is -1.55. The molecule has 0 aliphatic rings. The number of esters is 1. The standard InChI is InChI=1S/C12H9BrF3NO2/c1-2-19-9(18)5-7-3-4-8(6-17)10(11(7)13)12(14,15)16/h3-4H,2,5H2,1H3. The van der Waals surface area contributed by atoms with Gasteiger partial charge in [0.2, 0.25) is 0 Å². The Morgan fingerprint density at radius 1 is 1.47 bits per heavy atom. The van der Waals surface area contributed by atoms with E-state index in [2.05, 4.69) is 20.7 Å². The minimum absolute atomic E-state index is 0.129. The number of ether oxygens (including phenoxy) is 1. The summed E-state index contributed by atoms with van der Waals surface area (Å²) in [5.41, 5.74) is -1.44. The van der Waals surface area contributed by atoms with Crippen molar-refractivity contribution in [1.29, 1.82) is 5.26 Å². The zero-order valence-electron chi connectivity index (χ0n) is 9.84. The molecule has 0 saturated carbocycles. The summed E-state index contributed by atoms with van der Waals surface area (Å²) in [4.78, 5) is 11.3. The second-order valence-corrected chi connectivity index (χ2v) is 4.35. The fourth-order valence-corrected chi connectivity index (χ4v) is 2.20. The van der Waals surface area contributed by atoms with Crippen molar-refractivity contribution in [2.75, 3.05) is 6.61 Å². The molecule has 0 bridgehead atoms. The number of benzene rings is 1. The topological polar surface area (TPSA) is 50.1 Å². The highest BCUT2D eigenvalue weighted by molar-refractivity contribution is 9.10. The van der Waals surface area contributed by atoms with E-state index in [1.165, 1.54) is 12.1 Å². The summed E-state index contributed by atoms with van der Waals surface area (Å²) in [5, 5.41) is 8.70. The van der Waals surface area contributed by atoms with Crippen LogP contribution >= 0.6 is 15.9 Å². The van der Waals surface area contributed by atoms with Crippen molar-refractivity contribution in [1.82, 2.24) is 0 Å². The Bertz CT molecular complexity index is 535. The third-order valence-electron chi connectivity index (χ3n) is 2.27. The third-order valence-corrected chi connectivity index (χ3v) is 3.17. The molecule has 1 aromatic rings. The van der Waals surface area contributed by atoms with Crippen LogP contribution in [0.25, 0.3) is 0 Å². The number of carbonyl (C=O) groups is 1. The van der Waals surface area contributed by atoms with Gasteiger partial charge in [-0.25, -0.2) is 0 Å². The predicted octanol–water partition coefficient (Wildman–Crippen LogP) is 3.45. The molecule has 0 spiro atoms. The van der Waals surface area contributed by atoms with Gasteiger partial charge in [0, 0.05) is 4.47 Å². The predicted molar refractivity (Wildman–Crippen MR) is 64.2 cm³/mol. The van der Waals surface area contributed by atoms with Crippen molar-refractivity contribution in [2.45, 2.75) is 19.5 Å². The van der Waals surface area contributed by atoms with Crippen LogP contribution in [0.15, 0.2) is 16.6 Å². The van der Waals surface area contributed by atoms with E-state index in [9.17, 15) is 18.0 Å². The average Bonchev–Trinajstić information content (AvgIpc) is 2.30. The van der Waals surface area contributed by atoms with Gasteiger partial charge in [-0.15, -0.1) is 0 Å². The highest BCUT2D eigenvalue weighted by Crippen LogP contribution is 2.39. The van der Waals surface area contributed by atoms with Gasteiger partial charge in [0.1, 0.15) is 0 Å². The minimum Gasteiger partial charge on any atom is -0.466 e. The molecule has 1 rings (SSSR count). The number of hydrogen-bond acceptors (Lipinski definition) is 3. The summed E-state index contributed by atoms with van der Waals surface area (Å²) < 4.78 is 43.0. The van der Waals surface area contributed by atoms with Gasteiger partial charge in [0.15, 0.2) is 0 Å². The molecule has 0 saturated heterocycles. The number of alkyl halides is 3. The molecule has 0 N–H and O–H groups in total. The number of rotatable bonds is 3. The summed E-state index contributed by atoms with van der Waals surface area (Å²) in [6.07, 6.45) is -4.96. The van der Waals surface area contributed by atoms with Gasteiger partial charge < -0.3 is 4.74 Å². The molecule has 0 aliphatic heterocycles. The van der Waals surface area contributed by atoms with Gasteiger partial charge in [0.05, 0.1) is 30.2 Å². The van der Waals surface area contributed by atoms with Crippen molar-refractivity contribution in [3.63, 3.8) is 0 Å². The number of hydrogen-bond donors (Lipinski definition) is 0. The maximum atomic E-state index is 12.9. The zero-order chi connectivity index (χ0) is 14.6. The molecule has 0 heterocycles. The molecule has 7 heteroatoms. The molecule has 102 valence electrons. The molecule has 3 nitrogen and oxygen atoms in total. The Kier molecular flexibility index (Phi) is 4.95. The lowest BCUT2D eigenvalue weighted by molar-refractivity contribution is -0.143. The molecule has 0 amide bonds. The van der Waals surface area contributed by atoms with Crippen molar-refractivity contribution >= 4 is 21.9 Å². The number of carbonyl (C=O) groups excluding carboxylic acids is 1. The van der Waals surface area contributed by atoms with Crippen LogP contribution in [0.3, 0.4) is 0 Å². The largest absolute Gasteiger partial charge is 0.466 e. The fraction of sp³-hybridized carbons (Fsp3) is 0.333. The highest BCUT2D eigenvalue weighted by Gasteiger charge is 2.37. The van der Waals surface area contributed by atoms with Crippen LogP contribution < -0.4 is 0 Å². The maximum Gasteiger partial charge on any atom is 0.418 e. The van der Waals surface area contributed by atoms with Crippen LogP contribution in [0.2, 0.25) is 0 Å². The lowest BCUT2D eigenvalue weighted by Crippen LogP contribution is -2.13. The van der Waals surface area contributed by atoms with Gasteiger partial charge in [-0.3, -0.25) is 4.79 Å². The summed E-state index contributed by atoms with van der Waals surface area (Å²) in [5.74, 6) is -0.624. The lowest BCUT2D eigenvalue weighted by atomic mass is 10.0. The lowest BCUT2D eigenvalue weighted by Gasteiger charge is -2.14. The molecular weight excluding hydrogens is 327 g/mol. The number of halogens is 4. The fourth-order valence-electron chi connectivity index (χ4n) is 1.49. The summed E-state index contributed by atoms with van der Waals surface area (Å²) in [6, 6.07) is 3.83. The number of nitrogens with zero attached hydrogens (tertiary/aromatic N) is 1. The van der Waals surface area contributed by atoms with E-state index >= 15 is 0 Å². The van der Waals surface area contributed by atoms with Crippen LogP contribution in [0.5, 0.6) is 0 Å². The molecule has 0 unspecified atom stereocenters. The van der Waals surface area contributed by atoms with Gasteiger partial charge in [-0.05, 0) is 34.5 Å². The Morgan fingerprint density at radius 3 is 2.58 bits per heavy atom. The van der Waals surface area contributed by atoms with Crippen LogP contribution in [0, 0.1) is 11.3 Å². The van der Waals surface area contributed by atoms with Gasteiger partial charge in [-0.1, -0.05) is 6.07 Å². The quantitative estimate of drug-likeness (QED) is 0.795. The first-order valence-corrected chi connectivity index (χ1v) is 6.04. The normalized spacial score (nSPS) is 10.9. The smallest absolute Gasteiger partial charge is 0.418 e. The Balaban J connectivity index is 3.25. The SMILES string of the molecule is CCOC(=O)Cc1ccc(C#N)c(C(F)(F)F)c1Br. The van der Waals surface area contributed by atoms with Gasteiger partial charge in [0.25, 0.3) is 0 Å². The van der Waals surface area contributed by atoms with Crippen LogP contribution in [0.4, 0.5) is 13.2 Å². The third kappa shape index (κ3) is 3.70. The molecule has 1 aromatic carbocycles. The first-order chi connectivity index (χ1) is 8.81. The van der Waals surface area contributed by atoms with E-state index in [4.69, 9.17) is 5.26 Å². The zero-order valence-corrected chi connectivity index (χ0v) is 11.4. The van der Waals surface area contributed by atoms with Crippen LogP contribution in [-0.2, 0) is 22.1 Å². The minimum atomic E-state index is -4.67. The summed E-state index contributed by atoms with van der Waals surface area (Å²) in [6.45, 7) is 1.76. The van der Waals surface area contributed by atoms with Crippen LogP contribution in [0.1, 0.15) is 23.6 Å². The first kappa shape index (κ1) is 15.5. The second-order valence-electron chi connectivity index (χ2n) is 3.55. The van der Waals surface area contributed by atoms with Crippen molar-refractivity contribution in [3.8, 4) is 6.07 Å². The van der Waals surface area contributed by atoms with E-state index in [-0.39, 0.29) is 23.1 Å². The van der Waals surface area contributed by atoms with Gasteiger partial charge in [-0.2, -0.15) is 18.4 Å². The average molecular weight is 336 g/mol. The molecule has 0 aliphatic carbocycles. The summed E-state index contributed by atoms with van der Waals surface area (Å²) in [7, 11) is 0. The van der Waals surface area contributed by atoms with E-state index in [0.717, 1.165) is 6.07 Å². The second kappa shape index (κ2) is 6.06.